The van der Waals surface area contributed by atoms with Gasteiger partial charge in [-0.2, -0.15) is 0 Å². The van der Waals surface area contributed by atoms with Gasteiger partial charge in [-0.05, 0) is 37.9 Å². The fourth-order valence-corrected chi connectivity index (χ4v) is 2.70. The first-order valence-corrected chi connectivity index (χ1v) is 7.36. The van der Waals surface area contributed by atoms with E-state index in [2.05, 4.69) is 53.6 Å². The zero-order valence-corrected chi connectivity index (χ0v) is 12.1. The minimum absolute atomic E-state index is 0.636. The summed E-state index contributed by atoms with van der Waals surface area (Å²) >= 11 is 1.76. The van der Waals surface area contributed by atoms with Crippen LogP contribution < -0.4 is 5.32 Å². The van der Waals surface area contributed by atoms with Crippen molar-refractivity contribution >= 4 is 27.2 Å². The molecule has 2 aromatic rings. The molecule has 1 unspecified atom stereocenters. The van der Waals surface area contributed by atoms with Crippen molar-refractivity contribution in [3.05, 3.63) is 23.7 Å². The van der Waals surface area contributed by atoms with E-state index in [1.165, 1.54) is 16.5 Å². The van der Waals surface area contributed by atoms with Crippen molar-refractivity contribution in [1.82, 2.24) is 9.88 Å². The lowest BCUT2D eigenvalue weighted by Crippen LogP contribution is -2.32. The van der Waals surface area contributed by atoms with Gasteiger partial charge in [0.25, 0.3) is 0 Å². The van der Waals surface area contributed by atoms with E-state index in [-0.39, 0.29) is 0 Å². The summed E-state index contributed by atoms with van der Waals surface area (Å²) in [5.41, 5.74) is 0. The molecule has 2 rings (SSSR count). The molecular formula is C14H21N3S. The van der Waals surface area contributed by atoms with Crippen LogP contribution in [0.1, 0.15) is 20.3 Å². The van der Waals surface area contributed by atoms with E-state index in [9.17, 15) is 0 Å². The molecule has 0 saturated carbocycles. The Balaban J connectivity index is 1.92. The fourth-order valence-electron chi connectivity index (χ4n) is 1.92. The minimum Gasteiger partial charge on any atom is -0.368 e. The molecule has 0 aromatic carbocycles. The molecule has 0 fully saturated rings. The SMILES string of the molecule is CCC(C)N(C)CCNc1nccc2sccc12. The molecule has 0 spiro atoms. The lowest BCUT2D eigenvalue weighted by Gasteiger charge is -2.23. The Hall–Kier alpha value is -1.13. The molecule has 4 heteroatoms. The van der Waals surface area contributed by atoms with E-state index >= 15 is 0 Å². The van der Waals surface area contributed by atoms with Crippen molar-refractivity contribution in [1.29, 1.82) is 0 Å². The van der Waals surface area contributed by atoms with Crippen molar-refractivity contribution in [3.8, 4) is 0 Å². The molecule has 1 atom stereocenters. The summed E-state index contributed by atoms with van der Waals surface area (Å²) in [7, 11) is 2.18. The van der Waals surface area contributed by atoms with Gasteiger partial charge in [-0.1, -0.05) is 6.92 Å². The molecule has 2 heterocycles. The van der Waals surface area contributed by atoms with Crippen molar-refractivity contribution < 1.29 is 0 Å². The minimum atomic E-state index is 0.636. The Bertz CT molecular complexity index is 494. The first-order chi connectivity index (χ1) is 8.72. The molecule has 18 heavy (non-hydrogen) atoms. The zero-order valence-electron chi connectivity index (χ0n) is 11.3. The largest absolute Gasteiger partial charge is 0.368 e. The summed E-state index contributed by atoms with van der Waals surface area (Å²) in [6.45, 7) is 6.46. The van der Waals surface area contributed by atoms with E-state index in [0.29, 0.717) is 6.04 Å². The predicted octanol–water partition coefficient (Wildman–Crippen LogP) is 3.44. The van der Waals surface area contributed by atoms with Gasteiger partial charge >= 0.3 is 0 Å². The number of fused-ring (bicyclic) bond motifs is 1. The third-order valence-corrected chi connectivity index (χ3v) is 4.36. The number of hydrogen-bond acceptors (Lipinski definition) is 4. The number of anilines is 1. The number of pyridine rings is 1. The maximum atomic E-state index is 4.42. The average Bonchev–Trinajstić information content (AvgIpc) is 2.86. The molecule has 0 aliphatic heterocycles. The van der Waals surface area contributed by atoms with E-state index < -0.39 is 0 Å². The van der Waals surface area contributed by atoms with Crippen LogP contribution in [0.2, 0.25) is 0 Å². The van der Waals surface area contributed by atoms with Gasteiger partial charge in [-0.25, -0.2) is 4.98 Å². The fraction of sp³-hybridized carbons (Fsp3) is 0.500. The summed E-state index contributed by atoms with van der Waals surface area (Å²) < 4.78 is 1.29. The van der Waals surface area contributed by atoms with Gasteiger partial charge in [0.05, 0.1) is 0 Å². The number of thiophene rings is 1. The zero-order chi connectivity index (χ0) is 13.0. The topological polar surface area (TPSA) is 28.2 Å². The first kappa shape index (κ1) is 13.3. The van der Waals surface area contributed by atoms with E-state index in [1.54, 1.807) is 11.3 Å². The molecule has 1 N–H and O–H groups in total. The van der Waals surface area contributed by atoms with E-state index in [0.717, 1.165) is 18.9 Å². The quantitative estimate of drug-likeness (QED) is 0.865. The highest BCUT2D eigenvalue weighted by atomic mass is 32.1. The van der Waals surface area contributed by atoms with Crippen LogP contribution in [0.3, 0.4) is 0 Å². The second-order valence-electron chi connectivity index (χ2n) is 4.66. The van der Waals surface area contributed by atoms with Gasteiger partial charge in [0.15, 0.2) is 0 Å². The molecular weight excluding hydrogens is 242 g/mol. The third-order valence-electron chi connectivity index (χ3n) is 3.48. The van der Waals surface area contributed by atoms with Gasteiger partial charge in [0, 0.05) is 35.4 Å². The molecule has 0 radical (unpaired) electrons. The normalized spacial score (nSPS) is 13.1. The van der Waals surface area contributed by atoms with Crippen molar-refractivity contribution in [3.63, 3.8) is 0 Å². The Kier molecular flexibility index (Phi) is 4.55. The van der Waals surface area contributed by atoms with Crippen LogP contribution in [0, 0.1) is 0 Å². The average molecular weight is 263 g/mol. The van der Waals surface area contributed by atoms with Gasteiger partial charge < -0.3 is 10.2 Å². The predicted molar refractivity (Wildman–Crippen MR) is 80.5 cm³/mol. The smallest absolute Gasteiger partial charge is 0.134 e. The van der Waals surface area contributed by atoms with Gasteiger partial charge in [0.2, 0.25) is 0 Å². The van der Waals surface area contributed by atoms with Gasteiger partial charge in [-0.3, -0.25) is 0 Å². The number of rotatable bonds is 6. The Labute approximate surface area is 113 Å². The Morgan fingerprint density at radius 2 is 2.28 bits per heavy atom. The van der Waals surface area contributed by atoms with Crippen molar-refractivity contribution in [2.75, 3.05) is 25.5 Å². The maximum absolute atomic E-state index is 4.42. The molecule has 3 nitrogen and oxygen atoms in total. The Morgan fingerprint density at radius 3 is 3.06 bits per heavy atom. The summed E-state index contributed by atoms with van der Waals surface area (Å²) in [5, 5.41) is 6.78. The maximum Gasteiger partial charge on any atom is 0.134 e. The first-order valence-electron chi connectivity index (χ1n) is 6.48. The second kappa shape index (κ2) is 6.16. The van der Waals surface area contributed by atoms with Crippen LogP contribution in [0.25, 0.3) is 10.1 Å². The Morgan fingerprint density at radius 1 is 1.44 bits per heavy atom. The highest BCUT2D eigenvalue weighted by Gasteiger charge is 2.07. The molecule has 0 aliphatic rings. The summed E-state index contributed by atoms with van der Waals surface area (Å²) in [6, 6.07) is 4.83. The highest BCUT2D eigenvalue weighted by molar-refractivity contribution is 7.17. The highest BCUT2D eigenvalue weighted by Crippen LogP contribution is 2.25. The van der Waals surface area contributed by atoms with Crippen LogP contribution in [0.4, 0.5) is 5.82 Å². The lowest BCUT2D eigenvalue weighted by atomic mass is 10.2. The van der Waals surface area contributed by atoms with Crippen LogP contribution in [0.5, 0.6) is 0 Å². The van der Waals surface area contributed by atoms with Crippen molar-refractivity contribution in [2.24, 2.45) is 0 Å². The number of nitrogens with one attached hydrogen (secondary N) is 1. The molecule has 0 bridgehead atoms. The standard InChI is InChI=1S/C14H21N3S/c1-4-11(2)17(3)9-8-16-14-12-6-10-18-13(12)5-7-15-14/h5-7,10-11H,4,8-9H2,1-3H3,(H,15,16). The number of nitrogens with zero attached hydrogens (tertiary/aromatic N) is 2. The number of aromatic nitrogens is 1. The molecule has 0 amide bonds. The van der Waals surface area contributed by atoms with Gasteiger partial charge in [0.1, 0.15) is 5.82 Å². The second-order valence-corrected chi connectivity index (χ2v) is 5.60. The molecule has 0 saturated heterocycles. The summed E-state index contributed by atoms with van der Waals surface area (Å²) in [4.78, 5) is 6.79. The van der Waals surface area contributed by atoms with E-state index in [4.69, 9.17) is 0 Å². The summed E-state index contributed by atoms with van der Waals surface area (Å²) in [5.74, 6) is 1.01. The van der Waals surface area contributed by atoms with Crippen LogP contribution in [-0.2, 0) is 0 Å². The van der Waals surface area contributed by atoms with Crippen LogP contribution in [0.15, 0.2) is 23.7 Å². The molecule has 98 valence electrons. The van der Waals surface area contributed by atoms with Crippen molar-refractivity contribution in [2.45, 2.75) is 26.3 Å². The van der Waals surface area contributed by atoms with Gasteiger partial charge in [-0.15, -0.1) is 11.3 Å². The van der Waals surface area contributed by atoms with Crippen LogP contribution >= 0.6 is 11.3 Å². The van der Waals surface area contributed by atoms with E-state index in [1.807, 2.05) is 6.20 Å². The monoisotopic (exact) mass is 263 g/mol. The third kappa shape index (κ3) is 3.00. The van der Waals surface area contributed by atoms with Crippen LogP contribution in [-0.4, -0.2) is 36.1 Å². The lowest BCUT2D eigenvalue weighted by molar-refractivity contribution is 0.261. The number of likely N-dealkylation sites (N-methyl/N-ethyl adjacent to an activating group) is 1. The molecule has 0 aliphatic carbocycles. The molecule has 2 aromatic heterocycles. The number of hydrogen-bond donors (Lipinski definition) is 1. The summed E-state index contributed by atoms with van der Waals surface area (Å²) in [6.07, 6.45) is 3.06.